The molecule has 1 aliphatic rings. The summed E-state index contributed by atoms with van der Waals surface area (Å²) in [7, 11) is 0. The zero-order valence-corrected chi connectivity index (χ0v) is 12.2. The number of carbonyl (C=O) groups excluding carboxylic acids is 1. The number of amides is 1. The molecule has 1 fully saturated rings. The minimum atomic E-state index is -1.02. The molecule has 0 bridgehead atoms. The summed E-state index contributed by atoms with van der Waals surface area (Å²) in [4.78, 5) is 25.3. The average Bonchev–Trinajstić information content (AvgIpc) is 2.52. The van der Waals surface area contributed by atoms with Crippen LogP contribution >= 0.6 is 0 Å². The van der Waals surface area contributed by atoms with E-state index >= 15 is 0 Å². The molecule has 1 aliphatic heterocycles. The fourth-order valence-corrected chi connectivity index (χ4v) is 2.64. The molecule has 1 atom stereocenters. The quantitative estimate of drug-likeness (QED) is 0.903. The minimum Gasteiger partial charge on any atom is -0.478 e. The first-order chi connectivity index (χ1) is 10.1. The number of rotatable bonds is 5. The molecule has 1 amide bonds. The molecule has 21 heavy (non-hydrogen) atoms. The number of ether oxygens (including phenoxy) is 1. The van der Waals surface area contributed by atoms with Crippen LogP contribution in [0.3, 0.4) is 0 Å². The van der Waals surface area contributed by atoms with E-state index in [1.54, 1.807) is 17.0 Å². The zero-order valence-electron chi connectivity index (χ0n) is 12.2. The molecule has 0 aliphatic carbocycles. The molecule has 114 valence electrons. The van der Waals surface area contributed by atoms with Gasteiger partial charge < -0.3 is 14.7 Å². The van der Waals surface area contributed by atoms with Gasteiger partial charge in [0.25, 0.3) is 5.91 Å². The van der Waals surface area contributed by atoms with Crippen molar-refractivity contribution in [2.24, 2.45) is 5.92 Å². The summed E-state index contributed by atoms with van der Waals surface area (Å²) in [5.74, 6) is -0.748. The monoisotopic (exact) mass is 291 g/mol. The Morgan fingerprint density at radius 1 is 1.38 bits per heavy atom. The Morgan fingerprint density at radius 3 is 2.86 bits per heavy atom. The Balaban J connectivity index is 2.05. The Bertz CT molecular complexity index is 515. The summed E-state index contributed by atoms with van der Waals surface area (Å²) in [6.45, 7) is 4.72. The highest BCUT2D eigenvalue weighted by molar-refractivity contribution is 5.97. The van der Waals surface area contributed by atoms with Gasteiger partial charge in [-0.05, 0) is 43.9 Å². The van der Waals surface area contributed by atoms with Crippen molar-refractivity contribution in [3.63, 3.8) is 0 Å². The minimum absolute atomic E-state index is 0.0979. The topological polar surface area (TPSA) is 66.8 Å². The van der Waals surface area contributed by atoms with Crippen molar-refractivity contribution in [1.29, 1.82) is 0 Å². The van der Waals surface area contributed by atoms with Crippen molar-refractivity contribution in [2.45, 2.75) is 19.8 Å². The second-order valence-electron chi connectivity index (χ2n) is 5.30. The number of hydrogen-bond donors (Lipinski definition) is 1. The average molecular weight is 291 g/mol. The van der Waals surface area contributed by atoms with E-state index in [9.17, 15) is 9.59 Å². The van der Waals surface area contributed by atoms with Gasteiger partial charge in [0, 0.05) is 25.3 Å². The Kier molecular flexibility index (Phi) is 5.33. The molecular formula is C16H21NO4. The number of carboxylic acids is 1. The number of carboxylic acid groups (broad SMARTS) is 1. The summed E-state index contributed by atoms with van der Waals surface area (Å²) in [6.07, 6.45) is 2.03. The molecule has 1 aromatic rings. The van der Waals surface area contributed by atoms with Gasteiger partial charge >= 0.3 is 5.97 Å². The molecule has 1 saturated heterocycles. The third kappa shape index (κ3) is 4.04. The number of carbonyl (C=O) groups is 2. The molecule has 2 rings (SSSR count). The molecule has 1 heterocycles. The van der Waals surface area contributed by atoms with Crippen molar-refractivity contribution in [3.8, 4) is 0 Å². The SMILES string of the molecule is CCOC[C@H]1CCCN(C(=O)c2cccc(C(=O)O)c2)C1. The second-order valence-corrected chi connectivity index (χ2v) is 5.30. The second kappa shape index (κ2) is 7.22. The van der Waals surface area contributed by atoms with Crippen molar-refractivity contribution in [3.05, 3.63) is 35.4 Å². The van der Waals surface area contributed by atoms with Crippen LogP contribution in [0.5, 0.6) is 0 Å². The van der Waals surface area contributed by atoms with Gasteiger partial charge in [-0.25, -0.2) is 4.79 Å². The highest BCUT2D eigenvalue weighted by Crippen LogP contribution is 2.19. The van der Waals surface area contributed by atoms with Gasteiger partial charge in [-0.2, -0.15) is 0 Å². The first kappa shape index (κ1) is 15.5. The fraction of sp³-hybridized carbons (Fsp3) is 0.500. The Hall–Kier alpha value is -1.88. The lowest BCUT2D eigenvalue weighted by molar-refractivity contribution is 0.0501. The lowest BCUT2D eigenvalue weighted by atomic mass is 9.98. The Labute approximate surface area is 124 Å². The number of nitrogens with zero attached hydrogens (tertiary/aromatic N) is 1. The van der Waals surface area contributed by atoms with E-state index in [1.165, 1.54) is 12.1 Å². The van der Waals surface area contributed by atoms with E-state index in [1.807, 2.05) is 6.92 Å². The van der Waals surface area contributed by atoms with Crippen LogP contribution in [0, 0.1) is 5.92 Å². The van der Waals surface area contributed by atoms with Crippen molar-refractivity contribution < 1.29 is 19.4 Å². The van der Waals surface area contributed by atoms with Crippen LogP contribution in [-0.4, -0.2) is 48.2 Å². The van der Waals surface area contributed by atoms with Crippen molar-refractivity contribution in [2.75, 3.05) is 26.3 Å². The highest BCUT2D eigenvalue weighted by atomic mass is 16.5. The number of benzene rings is 1. The van der Waals surface area contributed by atoms with Gasteiger partial charge in [-0.15, -0.1) is 0 Å². The molecule has 5 heteroatoms. The predicted octanol–water partition coefficient (Wildman–Crippen LogP) is 2.27. The molecule has 1 aromatic carbocycles. The van der Waals surface area contributed by atoms with Crippen molar-refractivity contribution in [1.82, 2.24) is 4.90 Å². The van der Waals surface area contributed by atoms with Crippen LogP contribution in [0.1, 0.15) is 40.5 Å². The molecule has 0 unspecified atom stereocenters. The predicted molar refractivity (Wildman–Crippen MR) is 78.5 cm³/mol. The standard InChI is InChI=1S/C16H21NO4/c1-2-21-11-12-5-4-8-17(10-12)15(18)13-6-3-7-14(9-13)16(19)20/h3,6-7,9,12H,2,4-5,8,10-11H2,1H3,(H,19,20)/t12-/m0/s1. The molecule has 0 radical (unpaired) electrons. The zero-order chi connectivity index (χ0) is 15.2. The first-order valence-electron chi connectivity index (χ1n) is 7.32. The van der Waals surface area contributed by atoms with Crippen LogP contribution in [0.25, 0.3) is 0 Å². The first-order valence-corrected chi connectivity index (χ1v) is 7.32. The molecule has 0 spiro atoms. The van der Waals surface area contributed by atoms with Crippen LogP contribution in [0.2, 0.25) is 0 Å². The number of hydrogen-bond acceptors (Lipinski definition) is 3. The van der Waals surface area contributed by atoms with E-state index in [4.69, 9.17) is 9.84 Å². The lowest BCUT2D eigenvalue weighted by Crippen LogP contribution is -2.41. The van der Waals surface area contributed by atoms with Crippen LogP contribution in [-0.2, 0) is 4.74 Å². The fourth-order valence-electron chi connectivity index (χ4n) is 2.64. The molecule has 1 N–H and O–H groups in total. The number of likely N-dealkylation sites (tertiary alicyclic amines) is 1. The third-order valence-electron chi connectivity index (χ3n) is 3.72. The van der Waals surface area contributed by atoms with Crippen molar-refractivity contribution >= 4 is 11.9 Å². The Morgan fingerprint density at radius 2 is 2.14 bits per heavy atom. The van der Waals surface area contributed by atoms with Crippen LogP contribution < -0.4 is 0 Å². The van der Waals surface area contributed by atoms with E-state index in [2.05, 4.69) is 0 Å². The van der Waals surface area contributed by atoms with Gasteiger partial charge in [0.05, 0.1) is 12.2 Å². The van der Waals surface area contributed by atoms with Gasteiger partial charge in [0.2, 0.25) is 0 Å². The number of aromatic carboxylic acids is 1. The normalized spacial score (nSPS) is 18.5. The summed E-state index contributed by atoms with van der Waals surface area (Å²) in [6, 6.07) is 6.21. The maximum absolute atomic E-state index is 12.5. The summed E-state index contributed by atoms with van der Waals surface area (Å²) < 4.78 is 5.44. The molecular weight excluding hydrogens is 270 g/mol. The lowest BCUT2D eigenvalue weighted by Gasteiger charge is -2.32. The van der Waals surface area contributed by atoms with Gasteiger partial charge in [0.15, 0.2) is 0 Å². The van der Waals surface area contributed by atoms with Crippen LogP contribution in [0.15, 0.2) is 24.3 Å². The summed E-state index contributed by atoms with van der Waals surface area (Å²) >= 11 is 0. The molecule has 5 nitrogen and oxygen atoms in total. The van der Waals surface area contributed by atoms with Gasteiger partial charge in [0.1, 0.15) is 0 Å². The van der Waals surface area contributed by atoms with E-state index in [-0.39, 0.29) is 11.5 Å². The number of piperidine rings is 1. The van der Waals surface area contributed by atoms with Crippen LogP contribution in [0.4, 0.5) is 0 Å². The van der Waals surface area contributed by atoms with E-state index in [0.717, 1.165) is 19.4 Å². The summed E-state index contributed by atoms with van der Waals surface area (Å²) in [5, 5.41) is 9.00. The largest absolute Gasteiger partial charge is 0.478 e. The maximum atomic E-state index is 12.5. The third-order valence-corrected chi connectivity index (χ3v) is 3.72. The van der Waals surface area contributed by atoms with Gasteiger partial charge in [-0.3, -0.25) is 4.79 Å². The molecule has 0 aromatic heterocycles. The molecule has 0 saturated carbocycles. The smallest absolute Gasteiger partial charge is 0.335 e. The highest BCUT2D eigenvalue weighted by Gasteiger charge is 2.24. The summed E-state index contributed by atoms with van der Waals surface area (Å²) in [5.41, 5.74) is 0.579. The van der Waals surface area contributed by atoms with Gasteiger partial charge in [-0.1, -0.05) is 6.07 Å². The van der Waals surface area contributed by atoms with E-state index < -0.39 is 5.97 Å². The van der Waals surface area contributed by atoms with E-state index in [0.29, 0.717) is 31.2 Å². The maximum Gasteiger partial charge on any atom is 0.335 e.